The van der Waals surface area contributed by atoms with E-state index in [4.69, 9.17) is 5.73 Å². The first kappa shape index (κ1) is 17.5. The number of unbranched alkanes of at least 4 members (excludes halogenated alkanes) is 1. The lowest BCUT2D eigenvalue weighted by molar-refractivity contribution is -0.137. The van der Waals surface area contributed by atoms with Crippen LogP contribution in [-0.2, 0) is 12.6 Å². The first-order valence-corrected chi connectivity index (χ1v) is 8.39. The molecule has 3 rings (SSSR count). The number of rotatable bonds is 5. The molecule has 0 saturated carbocycles. The van der Waals surface area contributed by atoms with E-state index in [1.165, 1.54) is 12.1 Å². The fourth-order valence-corrected chi connectivity index (χ4v) is 3.20. The molecule has 0 fully saturated rings. The van der Waals surface area contributed by atoms with Crippen molar-refractivity contribution in [3.05, 3.63) is 59.2 Å². The molecule has 0 unspecified atom stereocenters. The maximum atomic E-state index is 12.8. The highest BCUT2D eigenvalue weighted by Gasteiger charge is 2.30. The molecule has 0 aliphatic carbocycles. The lowest BCUT2D eigenvalue weighted by Gasteiger charge is -2.09. The van der Waals surface area contributed by atoms with Crippen LogP contribution in [0.15, 0.2) is 42.5 Å². The Labute approximate surface area is 144 Å². The number of nitrogens with one attached hydrogen (secondary N) is 1. The summed E-state index contributed by atoms with van der Waals surface area (Å²) < 4.78 is 38.4. The van der Waals surface area contributed by atoms with Crippen LogP contribution in [0.1, 0.15) is 29.5 Å². The molecule has 0 aliphatic rings. The summed E-state index contributed by atoms with van der Waals surface area (Å²) in [7, 11) is 0. The second kappa shape index (κ2) is 6.92. The van der Waals surface area contributed by atoms with Crippen LogP contribution in [0.3, 0.4) is 0 Å². The number of aryl methyl sites for hydroxylation is 2. The Morgan fingerprint density at radius 1 is 1.00 bits per heavy atom. The van der Waals surface area contributed by atoms with Crippen LogP contribution in [-0.4, -0.2) is 11.5 Å². The van der Waals surface area contributed by atoms with Gasteiger partial charge < -0.3 is 10.7 Å². The van der Waals surface area contributed by atoms with Crippen molar-refractivity contribution in [1.29, 1.82) is 0 Å². The lowest BCUT2D eigenvalue weighted by Crippen LogP contribution is -2.04. The Morgan fingerprint density at radius 3 is 2.36 bits per heavy atom. The van der Waals surface area contributed by atoms with E-state index < -0.39 is 11.7 Å². The third kappa shape index (κ3) is 3.56. The topological polar surface area (TPSA) is 41.8 Å². The summed E-state index contributed by atoms with van der Waals surface area (Å²) >= 11 is 0. The molecule has 0 atom stereocenters. The second-order valence-electron chi connectivity index (χ2n) is 6.30. The highest BCUT2D eigenvalue weighted by atomic mass is 19.4. The lowest BCUT2D eigenvalue weighted by atomic mass is 9.99. The maximum absolute atomic E-state index is 12.8. The van der Waals surface area contributed by atoms with Crippen molar-refractivity contribution in [2.24, 2.45) is 5.73 Å². The molecule has 1 heterocycles. The highest BCUT2D eigenvalue weighted by Crippen LogP contribution is 2.35. The molecular formula is C20H21F3N2. The summed E-state index contributed by atoms with van der Waals surface area (Å²) in [5, 5.41) is 1.13. The normalized spacial score (nSPS) is 12.0. The zero-order valence-electron chi connectivity index (χ0n) is 14.1. The van der Waals surface area contributed by atoms with Crippen LogP contribution in [0.2, 0.25) is 0 Å². The molecule has 0 saturated heterocycles. The fraction of sp³-hybridized carbons (Fsp3) is 0.300. The van der Waals surface area contributed by atoms with Crippen LogP contribution >= 0.6 is 0 Å². The van der Waals surface area contributed by atoms with Crippen molar-refractivity contribution in [2.75, 3.05) is 6.54 Å². The molecule has 0 radical (unpaired) electrons. The zero-order chi connectivity index (χ0) is 18.0. The van der Waals surface area contributed by atoms with E-state index in [9.17, 15) is 13.2 Å². The number of hydrogen-bond acceptors (Lipinski definition) is 1. The first-order chi connectivity index (χ1) is 11.9. The van der Waals surface area contributed by atoms with E-state index in [1.807, 2.05) is 19.1 Å². The third-order valence-corrected chi connectivity index (χ3v) is 4.53. The van der Waals surface area contributed by atoms with Crippen LogP contribution in [0.25, 0.3) is 22.2 Å². The summed E-state index contributed by atoms with van der Waals surface area (Å²) in [5.74, 6) is 0. The summed E-state index contributed by atoms with van der Waals surface area (Å²) in [6.07, 6.45) is -1.60. The zero-order valence-corrected chi connectivity index (χ0v) is 14.1. The largest absolute Gasteiger partial charge is 0.416 e. The smallest absolute Gasteiger partial charge is 0.354 e. The molecule has 3 N–H and O–H groups in total. The Bertz CT molecular complexity index is 861. The van der Waals surface area contributed by atoms with E-state index in [0.717, 1.165) is 64.7 Å². The van der Waals surface area contributed by atoms with Gasteiger partial charge in [-0.1, -0.05) is 30.3 Å². The van der Waals surface area contributed by atoms with Crippen molar-refractivity contribution in [2.45, 2.75) is 32.4 Å². The molecule has 132 valence electrons. The number of aromatic amines is 1. The van der Waals surface area contributed by atoms with Crippen molar-refractivity contribution >= 4 is 10.9 Å². The van der Waals surface area contributed by atoms with Gasteiger partial charge in [0.1, 0.15) is 0 Å². The number of hydrogen-bond donors (Lipinski definition) is 2. The number of benzene rings is 2. The van der Waals surface area contributed by atoms with Crippen molar-refractivity contribution < 1.29 is 13.2 Å². The highest BCUT2D eigenvalue weighted by molar-refractivity contribution is 5.92. The van der Waals surface area contributed by atoms with Gasteiger partial charge >= 0.3 is 6.18 Å². The number of halogens is 3. The van der Waals surface area contributed by atoms with Gasteiger partial charge in [-0.05, 0) is 61.6 Å². The SMILES string of the molecule is Cc1cccc2c(CCCCN)c(-c3ccc(C(F)(F)F)cc3)[nH]c12. The molecule has 0 amide bonds. The maximum Gasteiger partial charge on any atom is 0.416 e. The van der Waals surface area contributed by atoms with E-state index in [1.54, 1.807) is 0 Å². The summed E-state index contributed by atoms with van der Waals surface area (Å²) in [5.41, 5.74) is 9.94. The van der Waals surface area contributed by atoms with Gasteiger partial charge in [0.25, 0.3) is 0 Å². The molecule has 0 aliphatic heterocycles. The Kier molecular flexibility index (Phi) is 4.86. The van der Waals surface area contributed by atoms with Gasteiger partial charge in [0.15, 0.2) is 0 Å². The molecule has 2 aromatic carbocycles. The molecule has 25 heavy (non-hydrogen) atoms. The number of aromatic nitrogens is 1. The summed E-state index contributed by atoms with van der Waals surface area (Å²) in [6, 6.07) is 11.4. The van der Waals surface area contributed by atoms with Crippen LogP contribution in [0.4, 0.5) is 13.2 Å². The Balaban J connectivity index is 2.08. The summed E-state index contributed by atoms with van der Waals surface area (Å²) in [6.45, 7) is 2.66. The minimum Gasteiger partial charge on any atom is -0.354 e. The minimum absolute atomic E-state index is 0.631. The van der Waals surface area contributed by atoms with Crippen molar-refractivity contribution in [3.8, 4) is 11.3 Å². The Hall–Kier alpha value is -2.27. The van der Waals surface area contributed by atoms with Gasteiger partial charge in [-0.3, -0.25) is 0 Å². The molecule has 1 aromatic heterocycles. The quantitative estimate of drug-likeness (QED) is 0.593. The predicted octanol–water partition coefficient (Wildman–Crippen LogP) is 5.44. The average molecular weight is 346 g/mol. The molecule has 0 bridgehead atoms. The number of para-hydroxylation sites is 1. The number of alkyl halides is 3. The van der Waals surface area contributed by atoms with E-state index in [-0.39, 0.29) is 0 Å². The van der Waals surface area contributed by atoms with Gasteiger partial charge in [-0.15, -0.1) is 0 Å². The monoisotopic (exact) mass is 346 g/mol. The standard InChI is InChI=1S/C20H21F3N2/c1-13-5-4-7-16-17(6-2-3-12-24)19(25-18(13)16)14-8-10-15(11-9-14)20(21,22)23/h4-5,7-11,25H,2-3,6,12,24H2,1H3. The molecule has 3 aromatic rings. The predicted molar refractivity (Wildman–Crippen MR) is 95.5 cm³/mol. The Morgan fingerprint density at radius 2 is 1.72 bits per heavy atom. The van der Waals surface area contributed by atoms with Crippen LogP contribution < -0.4 is 5.73 Å². The van der Waals surface area contributed by atoms with Gasteiger partial charge in [0.2, 0.25) is 0 Å². The minimum atomic E-state index is -4.32. The number of nitrogens with two attached hydrogens (primary N) is 1. The van der Waals surface area contributed by atoms with Gasteiger partial charge in [-0.2, -0.15) is 13.2 Å². The van der Waals surface area contributed by atoms with E-state index in [2.05, 4.69) is 11.1 Å². The molecule has 2 nitrogen and oxygen atoms in total. The molecule has 5 heteroatoms. The van der Waals surface area contributed by atoms with Gasteiger partial charge in [0, 0.05) is 16.6 Å². The van der Waals surface area contributed by atoms with Crippen molar-refractivity contribution in [3.63, 3.8) is 0 Å². The average Bonchev–Trinajstić information content (AvgIpc) is 2.95. The fourth-order valence-electron chi connectivity index (χ4n) is 3.20. The number of H-pyrrole nitrogens is 1. The third-order valence-electron chi connectivity index (χ3n) is 4.53. The second-order valence-corrected chi connectivity index (χ2v) is 6.30. The van der Waals surface area contributed by atoms with Crippen LogP contribution in [0.5, 0.6) is 0 Å². The molecular weight excluding hydrogens is 325 g/mol. The summed E-state index contributed by atoms with van der Waals surface area (Å²) in [4.78, 5) is 3.42. The van der Waals surface area contributed by atoms with Crippen molar-refractivity contribution in [1.82, 2.24) is 4.98 Å². The first-order valence-electron chi connectivity index (χ1n) is 8.39. The van der Waals surface area contributed by atoms with Gasteiger partial charge in [0.05, 0.1) is 5.56 Å². The van der Waals surface area contributed by atoms with E-state index in [0.29, 0.717) is 6.54 Å². The molecule has 0 spiro atoms. The van der Waals surface area contributed by atoms with Gasteiger partial charge in [-0.25, -0.2) is 0 Å². The van der Waals surface area contributed by atoms with Crippen LogP contribution in [0, 0.1) is 6.92 Å². The van der Waals surface area contributed by atoms with E-state index >= 15 is 0 Å². The number of fused-ring (bicyclic) bond motifs is 1.